The van der Waals surface area contributed by atoms with Gasteiger partial charge in [-0.05, 0) is 0 Å². The van der Waals surface area contributed by atoms with Crippen LogP contribution >= 0.6 is 0 Å². The highest BCUT2D eigenvalue weighted by atomic mass is 32.3. The molecule has 23 heteroatoms. The van der Waals surface area contributed by atoms with Crippen LogP contribution in [0.3, 0.4) is 0 Å². The van der Waals surface area contributed by atoms with Crippen LogP contribution in [-0.4, -0.2) is 130 Å². The molecule has 9 atom stereocenters. The molecule has 0 radical (unpaired) electrons. The molecule has 2 saturated heterocycles. The van der Waals surface area contributed by atoms with E-state index in [0.717, 1.165) is 7.11 Å². The summed E-state index contributed by atoms with van der Waals surface area (Å²) >= 11 is 0. The molecule has 2 heterocycles. The number of nitrogens with one attached hydrogen (secondary N) is 1. The minimum absolute atomic E-state index is 0.927. The molecule has 2 aliphatic heterocycles. The van der Waals surface area contributed by atoms with E-state index in [2.05, 4.69) is 8.37 Å². The van der Waals surface area contributed by atoms with E-state index in [1.54, 1.807) is 0 Å². The molecule has 0 spiro atoms. The summed E-state index contributed by atoms with van der Waals surface area (Å²) in [6, 6.07) is -2.14. The summed E-state index contributed by atoms with van der Waals surface area (Å²) in [5, 5.41) is 32.4. The van der Waals surface area contributed by atoms with Crippen molar-refractivity contribution in [1.82, 2.24) is 4.72 Å². The average Bonchev–Trinajstić information content (AvgIpc) is 2.76. The zero-order valence-corrected chi connectivity index (χ0v) is 22.1. The number of hydrogen-bond donors (Lipinski definition) is 3. The second-order valence-corrected chi connectivity index (χ2v) is 10.4. The Labute approximate surface area is 217 Å². The van der Waals surface area contributed by atoms with Gasteiger partial charge in [0.2, 0.25) is 20.8 Å². The van der Waals surface area contributed by atoms with Gasteiger partial charge in [0.05, 0.1) is 19.2 Å². The van der Waals surface area contributed by atoms with Crippen molar-refractivity contribution in [2.75, 3.05) is 20.3 Å². The van der Waals surface area contributed by atoms with E-state index >= 15 is 0 Å². The third kappa shape index (κ3) is 10.4. The van der Waals surface area contributed by atoms with E-state index in [4.69, 9.17) is 18.9 Å². The molecule has 0 saturated carbocycles. The van der Waals surface area contributed by atoms with Gasteiger partial charge in [-0.3, -0.25) is 8.37 Å². The largest absolute Gasteiger partial charge is 0.735 e. The van der Waals surface area contributed by atoms with Crippen LogP contribution in [0.15, 0.2) is 0 Å². The molecule has 38 heavy (non-hydrogen) atoms. The van der Waals surface area contributed by atoms with E-state index in [1.165, 1.54) is 4.72 Å². The third-order valence-corrected chi connectivity index (χ3v) is 6.29. The summed E-state index contributed by atoms with van der Waals surface area (Å²) in [4.78, 5) is 11.5. The standard InChI is InChI=1S/C13H23NO19S3.C2H6/c1-28-9-5(3-30-35(22,23)24)31-13(6(8(9)16)14-34(19,20)21)32-10-7(15)4(33-36(25,26)27)2-29-11(10)12(17)18;1-2/h4-11,13-16H,2-3H2,1H3,(H,17,18)(H,19,20,21)(H,22,23,24)(H,25,26,27);1-2H3/p-4/t4?,5?,6?,7-,8-,9+,10+,11?,13-;/m0./s1. The minimum atomic E-state index is -5.47. The predicted molar refractivity (Wildman–Crippen MR) is 109 cm³/mol. The van der Waals surface area contributed by atoms with Gasteiger partial charge >= 0.3 is 0 Å². The number of hydrogen-bond acceptors (Lipinski definition) is 19. The van der Waals surface area contributed by atoms with Crippen LogP contribution in [0.5, 0.6) is 0 Å². The normalized spacial score (nSPS) is 34.7. The smallest absolute Gasteiger partial charge is 0.218 e. The van der Waals surface area contributed by atoms with Crippen LogP contribution in [0.2, 0.25) is 0 Å². The number of ether oxygens (including phenoxy) is 4. The van der Waals surface area contributed by atoms with Gasteiger partial charge in [-0.25, -0.2) is 30.0 Å². The lowest BCUT2D eigenvalue weighted by molar-refractivity contribution is -0.344. The number of aliphatic hydroxyl groups is 2. The Morgan fingerprint density at radius 1 is 1.00 bits per heavy atom. The number of rotatable bonds is 11. The van der Waals surface area contributed by atoms with Crippen molar-refractivity contribution < 1.29 is 86.3 Å². The summed E-state index contributed by atoms with van der Waals surface area (Å²) in [5.74, 6) is -2.06. The molecule has 20 nitrogen and oxygen atoms in total. The summed E-state index contributed by atoms with van der Waals surface area (Å²) in [6.07, 6.45) is -16.7. The fraction of sp³-hybridized carbons (Fsp3) is 0.933. The zero-order valence-electron chi connectivity index (χ0n) is 19.7. The van der Waals surface area contributed by atoms with E-state index in [-0.39, 0.29) is 0 Å². The molecule has 3 N–H and O–H groups in total. The Balaban J connectivity index is 0.00000352. The highest BCUT2D eigenvalue weighted by Gasteiger charge is 2.51. The van der Waals surface area contributed by atoms with Gasteiger partial charge in [0, 0.05) is 7.11 Å². The molecule has 0 aromatic carbocycles. The Bertz CT molecular complexity index is 1090. The van der Waals surface area contributed by atoms with Crippen molar-refractivity contribution in [3.05, 3.63) is 0 Å². The first kappa shape index (κ1) is 34.9. The first-order valence-electron chi connectivity index (χ1n) is 10.3. The first-order chi connectivity index (χ1) is 17.3. The molecular weight excluding hydrogens is 594 g/mol. The monoisotopic (exact) mass is 619 g/mol. The minimum Gasteiger partial charge on any atom is -0.735 e. The molecule has 4 unspecified atom stereocenters. The Morgan fingerprint density at radius 2 is 1.58 bits per heavy atom. The van der Waals surface area contributed by atoms with Crippen LogP contribution in [0.25, 0.3) is 0 Å². The van der Waals surface area contributed by atoms with Crippen molar-refractivity contribution in [2.24, 2.45) is 0 Å². The summed E-state index contributed by atoms with van der Waals surface area (Å²) in [6.45, 7) is 1.86. The Hall–Kier alpha value is -1.16. The molecule has 2 fully saturated rings. The van der Waals surface area contributed by atoms with Gasteiger partial charge in [-0.1, -0.05) is 13.8 Å². The summed E-state index contributed by atoms with van der Waals surface area (Å²) in [5.41, 5.74) is 0. The van der Waals surface area contributed by atoms with Crippen molar-refractivity contribution in [2.45, 2.75) is 68.9 Å². The van der Waals surface area contributed by atoms with Crippen LogP contribution in [0, 0.1) is 0 Å². The quantitative estimate of drug-likeness (QED) is 0.143. The number of carbonyl (C=O) groups is 1. The van der Waals surface area contributed by atoms with Gasteiger partial charge in [0.15, 0.2) is 16.6 Å². The molecule has 226 valence electrons. The second kappa shape index (κ2) is 14.0. The van der Waals surface area contributed by atoms with Crippen LogP contribution in [0.4, 0.5) is 0 Å². The fourth-order valence-electron chi connectivity index (χ4n) is 3.43. The lowest BCUT2D eigenvalue weighted by Crippen LogP contribution is -2.68. The first-order valence-corrected chi connectivity index (χ1v) is 14.4. The molecule has 2 rings (SSSR count). The summed E-state index contributed by atoms with van der Waals surface area (Å²) in [7, 11) is -15.3. The molecule has 2 aliphatic rings. The maximum Gasteiger partial charge on any atom is 0.218 e. The molecule has 0 amide bonds. The number of methoxy groups -OCH3 is 1. The van der Waals surface area contributed by atoms with Crippen LogP contribution < -0.4 is 9.83 Å². The van der Waals surface area contributed by atoms with Gasteiger partial charge in [0.25, 0.3) is 0 Å². The van der Waals surface area contributed by atoms with Crippen LogP contribution in [0.1, 0.15) is 13.8 Å². The topological polar surface area (TPSA) is 320 Å². The average molecular weight is 620 g/mol. The maximum absolute atomic E-state index is 11.5. The number of aliphatic hydroxyl groups excluding tert-OH is 2. The zero-order chi connectivity index (χ0) is 29.6. The van der Waals surface area contributed by atoms with Crippen LogP contribution in [-0.2, 0) is 63.2 Å². The SMILES string of the molecule is CC.CO[C@@H]1C(COS(=O)(=O)[O-])O[C@@H](O[C@H]2C(C(=O)[O-])OCC(OS(=O)(=O)[O-])[C@@H]2O)C(NS(=O)(=O)[O-])[C@@H]1O. The lowest BCUT2D eigenvalue weighted by Gasteiger charge is -2.47. The second-order valence-electron chi connectivity index (χ2n) is 7.23. The fourth-order valence-corrected chi connectivity index (χ4v) is 4.79. The third-order valence-electron chi connectivity index (χ3n) is 4.82. The highest BCUT2D eigenvalue weighted by Crippen LogP contribution is 2.30. The number of carboxylic acid groups (broad SMARTS) is 1. The Kier molecular flexibility index (Phi) is 12.8. The van der Waals surface area contributed by atoms with Gasteiger partial charge in [0.1, 0.15) is 48.8 Å². The molecule has 0 aromatic rings. The van der Waals surface area contributed by atoms with E-state index < -0.39 is 105 Å². The maximum atomic E-state index is 11.5. The number of carbonyl (C=O) groups excluding carboxylic acids is 1. The molecule has 0 aromatic heterocycles. The Morgan fingerprint density at radius 3 is 2.03 bits per heavy atom. The highest BCUT2D eigenvalue weighted by molar-refractivity contribution is 7.83. The van der Waals surface area contributed by atoms with E-state index in [9.17, 15) is 59.0 Å². The van der Waals surface area contributed by atoms with E-state index in [1.807, 2.05) is 13.8 Å². The predicted octanol–water partition coefficient (Wildman–Crippen LogP) is -6.25. The lowest BCUT2D eigenvalue weighted by atomic mass is 9.96. The van der Waals surface area contributed by atoms with Gasteiger partial charge < -0.3 is 52.7 Å². The van der Waals surface area contributed by atoms with Crippen molar-refractivity contribution in [3.63, 3.8) is 0 Å². The molecule has 0 bridgehead atoms. The molecule has 0 aliphatic carbocycles. The van der Waals surface area contributed by atoms with Gasteiger partial charge in [-0.15, -0.1) is 0 Å². The number of carboxylic acids is 1. The van der Waals surface area contributed by atoms with Gasteiger partial charge in [-0.2, -0.15) is 0 Å². The van der Waals surface area contributed by atoms with Crippen molar-refractivity contribution in [3.8, 4) is 0 Å². The number of aliphatic carboxylic acids is 1. The summed E-state index contributed by atoms with van der Waals surface area (Å²) < 4.78 is 128. The van der Waals surface area contributed by atoms with E-state index in [0.29, 0.717) is 0 Å². The molecular formula is C15H25NO19S3-4. The van der Waals surface area contributed by atoms with Crippen molar-refractivity contribution >= 4 is 37.1 Å². The van der Waals surface area contributed by atoms with Crippen molar-refractivity contribution in [1.29, 1.82) is 0 Å².